The van der Waals surface area contributed by atoms with Crippen LogP contribution in [0.15, 0.2) is 0 Å². The molecule has 0 radical (unpaired) electrons. The molecule has 1 N–H and O–H groups in total. The summed E-state index contributed by atoms with van der Waals surface area (Å²) in [5.74, 6) is 0. The molecule has 1 rings (SSSR count). The van der Waals surface area contributed by atoms with E-state index in [1.165, 1.54) is 0 Å². The van der Waals surface area contributed by atoms with Gasteiger partial charge in [-0.15, -0.1) is 0 Å². The van der Waals surface area contributed by atoms with Gasteiger partial charge in [0.25, 0.3) is 0 Å². The summed E-state index contributed by atoms with van der Waals surface area (Å²) in [6.07, 6.45) is 3.11. The van der Waals surface area contributed by atoms with Gasteiger partial charge in [0.2, 0.25) is 0 Å². The third-order valence-corrected chi connectivity index (χ3v) is 1.74. The molecular formula is C7H12O3. The maximum Gasteiger partial charge on any atom is 0.148 e. The van der Waals surface area contributed by atoms with Gasteiger partial charge in [-0.05, 0) is 19.3 Å². The molecule has 0 aromatic rings. The molecule has 3 nitrogen and oxygen atoms in total. The number of carbonyl (C=O) groups is 1. The third-order valence-electron chi connectivity index (χ3n) is 1.74. The Labute approximate surface area is 60.0 Å². The van der Waals surface area contributed by atoms with Crippen molar-refractivity contribution in [2.75, 3.05) is 6.61 Å². The lowest BCUT2D eigenvalue weighted by atomic mass is 10.2. The first-order valence-corrected chi connectivity index (χ1v) is 3.58. The molecule has 10 heavy (non-hydrogen) atoms. The van der Waals surface area contributed by atoms with Gasteiger partial charge >= 0.3 is 0 Å². The van der Waals surface area contributed by atoms with E-state index < -0.39 is 0 Å². The zero-order chi connectivity index (χ0) is 7.40. The van der Waals surface area contributed by atoms with Crippen LogP contribution in [0.25, 0.3) is 0 Å². The summed E-state index contributed by atoms with van der Waals surface area (Å²) in [7, 11) is 0. The minimum absolute atomic E-state index is 0.111. The Balaban J connectivity index is 2.21. The zero-order valence-electron chi connectivity index (χ0n) is 5.82. The second-order valence-corrected chi connectivity index (χ2v) is 2.52. The van der Waals surface area contributed by atoms with Crippen LogP contribution in [0, 0.1) is 0 Å². The summed E-state index contributed by atoms with van der Waals surface area (Å²) in [6, 6.07) is 0. The lowest BCUT2D eigenvalue weighted by Crippen LogP contribution is -2.12. The lowest BCUT2D eigenvalue weighted by molar-refractivity contribution is -0.117. The lowest BCUT2D eigenvalue weighted by Gasteiger charge is -2.06. The Morgan fingerprint density at radius 3 is 2.90 bits per heavy atom. The van der Waals surface area contributed by atoms with E-state index in [1.807, 2.05) is 0 Å². The Morgan fingerprint density at radius 1 is 1.60 bits per heavy atom. The van der Waals surface area contributed by atoms with Crippen LogP contribution in [0.4, 0.5) is 0 Å². The normalized spacial score (nSPS) is 32.5. The van der Waals surface area contributed by atoms with Crippen molar-refractivity contribution in [1.82, 2.24) is 0 Å². The summed E-state index contributed by atoms with van der Waals surface area (Å²) >= 11 is 0. The van der Waals surface area contributed by atoms with Gasteiger partial charge in [-0.1, -0.05) is 0 Å². The number of hydrogen-bond acceptors (Lipinski definition) is 3. The summed E-state index contributed by atoms with van der Waals surface area (Å²) in [4.78, 5) is 10.2. The predicted octanol–water partition coefficient (Wildman–Crippen LogP) is 0.115. The van der Waals surface area contributed by atoms with E-state index in [9.17, 15) is 4.79 Å². The summed E-state index contributed by atoms with van der Waals surface area (Å²) in [6.45, 7) is 0.149. The molecule has 0 saturated carbocycles. The number of aliphatic hydroxyl groups excluding tert-OH is 1. The minimum Gasteiger partial charge on any atom is -0.396 e. The SMILES string of the molecule is O=CC1CCC(CCO)O1. The smallest absolute Gasteiger partial charge is 0.148 e. The number of aldehydes is 1. The molecule has 1 heterocycles. The number of carbonyl (C=O) groups excluding carboxylic acids is 1. The Kier molecular flexibility index (Phi) is 2.83. The molecule has 0 aliphatic carbocycles. The van der Waals surface area contributed by atoms with Gasteiger partial charge in [0.05, 0.1) is 6.10 Å². The molecule has 0 bridgehead atoms. The summed E-state index contributed by atoms with van der Waals surface area (Å²) < 4.78 is 5.22. The highest BCUT2D eigenvalue weighted by Gasteiger charge is 2.23. The first kappa shape index (κ1) is 7.69. The highest BCUT2D eigenvalue weighted by molar-refractivity contribution is 5.56. The Morgan fingerprint density at radius 2 is 2.40 bits per heavy atom. The van der Waals surface area contributed by atoms with Crippen LogP contribution in [0.5, 0.6) is 0 Å². The van der Waals surface area contributed by atoms with Gasteiger partial charge in [-0.3, -0.25) is 0 Å². The molecule has 0 aromatic heterocycles. The summed E-state index contributed by atoms with van der Waals surface area (Å²) in [5, 5.41) is 8.52. The van der Waals surface area contributed by atoms with Gasteiger partial charge in [0.15, 0.2) is 0 Å². The van der Waals surface area contributed by atoms with E-state index >= 15 is 0 Å². The topological polar surface area (TPSA) is 46.5 Å². The number of aliphatic hydroxyl groups is 1. The molecule has 0 spiro atoms. The maximum absolute atomic E-state index is 10.2. The van der Waals surface area contributed by atoms with Crippen LogP contribution in [-0.4, -0.2) is 30.2 Å². The molecule has 1 aliphatic rings. The fourth-order valence-electron chi connectivity index (χ4n) is 1.19. The molecule has 0 amide bonds. The molecule has 1 saturated heterocycles. The average molecular weight is 144 g/mol. The van der Waals surface area contributed by atoms with E-state index in [1.54, 1.807) is 0 Å². The van der Waals surface area contributed by atoms with Crippen molar-refractivity contribution in [3.05, 3.63) is 0 Å². The number of rotatable bonds is 3. The molecule has 58 valence electrons. The van der Waals surface area contributed by atoms with E-state index in [0.717, 1.165) is 19.1 Å². The largest absolute Gasteiger partial charge is 0.396 e. The van der Waals surface area contributed by atoms with Crippen molar-refractivity contribution >= 4 is 6.29 Å². The Hall–Kier alpha value is -0.410. The van der Waals surface area contributed by atoms with Crippen molar-refractivity contribution in [3.63, 3.8) is 0 Å². The first-order valence-electron chi connectivity index (χ1n) is 3.58. The van der Waals surface area contributed by atoms with Gasteiger partial charge in [0.1, 0.15) is 12.4 Å². The maximum atomic E-state index is 10.2. The first-order chi connectivity index (χ1) is 4.86. The minimum atomic E-state index is -0.212. The fourth-order valence-corrected chi connectivity index (χ4v) is 1.19. The molecular weight excluding hydrogens is 132 g/mol. The fraction of sp³-hybridized carbons (Fsp3) is 0.857. The quantitative estimate of drug-likeness (QED) is 0.572. The van der Waals surface area contributed by atoms with Crippen molar-refractivity contribution in [3.8, 4) is 0 Å². The molecule has 1 aliphatic heterocycles. The monoisotopic (exact) mass is 144 g/mol. The van der Waals surface area contributed by atoms with E-state index in [4.69, 9.17) is 9.84 Å². The van der Waals surface area contributed by atoms with Gasteiger partial charge in [-0.25, -0.2) is 0 Å². The van der Waals surface area contributed by atoms with Gasteiger partial charge in [-0.2, -0.15) is 0 Å². The summed E-state index contributed by atoms with van der Waals surface area (Å²) in [5.41, 5.74) is 0. The molecule has 1 fully saturated rings. The Bertz CT molecular complexity index is 113. The molecule has 2 atom stereocenters. The van der Waals surface area contributed by atoms with Crippen molar-refractivity contribution in [1.29, 1.82) is 0 Å². The van der Waals surface area contributed by atoms with Gasteiger partial charge in [0, 0.05) is 6.61 Å². The van der Waals surface area contributed by atoms with E-state index in [2.05, 4.69) is 0 Å². The standard InChI is InChI=1S/C7H12O3/c8-4-3-6-1-2-7(5-9)10-6/h5-8H,1-4H2. The molecule has 3 heteroatoms. The average Bonchev–Trinajstić information content (AvgIpc) is 2.37. The number of hydrogen-bond donors (Lipinski definition) is 1. The van der Waals surface area contributed by atoms with E-state index in [0.29, 0.717) is 6.42 Å². The van der Waals surface area contributed by atoms with E-state index in [-0.39, 0.29) is 18.8 Å². The van der Waals surface area contributed by atoms with Crippen LogP contribution >= 0.6 is 0 Å². The van der Waals surface area contributed by atoms with Crippen molar-refractivity contribution in [2.24, 2.45) is 0 Å². The van der Waals surface area contributed by atoms with Crippen LogP contribution < -0.4 is 0 Å². The van der Waals surface area contributed by atoms with Crippen molar-refractivity contribution < 1.29 is 14.6 Å². The molecule has 0 aromatic carbocycles. The van der Waals surface area contributed by atoms with Crippen molar-refractivity contribution in [2.45, 2.75) is 31.5 Å². The predicted molar refractivity (Wildman–Crippen MR) is 35.7 cm³/mol. The van der Waals surface area contributed by atoms with Crippen LogP contribution in [0.1, 0.15) is 19.3 Å². The highest BCUT2D eigenvalue weighted by Crippen LogP contribution is 2.19. The number of ether oxygens (including phenoxy) is 1. The van der Waals surface area contributed by atoms with Crippen LogP contribution in [0.2, 0.25) is 0 Å². The highest BCUT2D eigenvalue weighted by atomic mass is 16.5. The molecule has 2 unspecified atom stereocenters. The second-order valence-electron chi connectivity index (χ2n) is 2.52. The zero-order valence-corrected chi connectivity index (χ0v) is 5.82. The van der Waals surface area contributed by atoms with Crippen LogP contribution in [-0.2, 0) is 9.53 Å². The van der Waals surface area contributed by atoms with Crippen LogP contribution in [0.3, 0.4) is 0 Å². The van der Waals surface area contributed by atoms with Gasteiger partial charge < -0.3 is 14.6 Å². The third kappa shape index (κ3) is 1.78. The second kappa shape index (κ2) is 3.68.